The molecule has 19 heavy (non-hydrogen) atoms. The van der Waals surface area contributed by atoms with E-state index in [9.17, 15) is 17.2 Å². The number of nitrogens with two attached hydrogens (primary N) is 1. The number of benzene rings is 1. The Morgan fingerprint density at radius 2 is 1.53 bits per heavy atom. The summed E-state index contributed by atoms with van der Waals surface area (Å²) < 4.78 is 47.4. The lowest BCUT2D eigenvalue weighted by Gasteiger charge is -2.25. The first kappa shape index (κ1) is 16.0. The van der Waals surface area contributed by atoms with Crippen molar-refractivity contribution in [2.45, 2.75) is 43.4 Å². The quantitative estimate of drug-likeness (QED) is 0.907. The van der Waals surface area contributed by atoms with Gasteiger partial charge in [0.15, 0.2) is 0 Å². The van der Waals surface area contributed by atoms with Crippen molar-refractivity contribution in [3.05, 3.63) is 29.8 Å². The van der Waals surface area contributed by atoms with Crippen molar-refractivity contribution in [1.29, 1.82) is 0 Å². The molecule has 1 aromatic rings. The van der Waals surface area contributed by atoms with E-state index >= 15 is 0 Å². The highest BCUT2D eigenvalue weighted by molar-refractivity contribution is 7.91. The fraction of sp³-hybridized carbons (Fsp3) is 0.538. The molecular formula is C13H19F2NO2S. The molecule has 2 N–H and O–H groups in total. The summed E-state index contributed by atoms with van der Waals surface area (Å²) in [4.78, 5) is -0.363. The van der Waals surface area contributed by atoms with Crippen molar-refractivity contribution in [3.63, 3.8) is 0 Å². The summed E-state index contributed by atoms with van der Waals surface area (Å²) in [7, 11) is -4.52. The molecule has 2 atom stereocenters. The van der Waals surface area contributed by atoms with Crippen LogP contribution in [0.25, 0.3) is 0 Å². The monoisotopic (exact) mass is 291 g/mol. The second kappa shape index (κ2) is 5.96. The molecule has 0 heterocycles. The molecule has 0 saturated carbocycles. The molecule has 1 aromatic carbocycles. The minimum Gasteiger partial charge on any atom is -0.327 e. The summed E-state index contributed by atoms with van der Waals surface area (Å²) in [5.74, 6) is -3.06. The van der Waals surface area contributed by atoms with Crippen LogP contribution in [-0.2, 0) is 9.84 Å². The molecule has 0 aromatic heterocycles. The largest absolute Gasteiger partial charge is 0.341 e. The van der Waals surface area contributed by atoms with Crippen molar-refractivity contribution >= 4 is 9.84 Å². The van der Waals surface area contributed by atoms with Gasteiger partial charge in [0, 0.05) is 12.0 Å². The van der Waals surface area contributed by atoms with Crippen LogP contribution in [0.15, 0.2) is 29.2 Å². The van der Waals surface area contributed by atoms with Gasteiger partial charge < -0.3 is 5.73 Å². The first-order valence-corrected chi connectivity index (χ1v) is 7.60. The fourth-order valence-electron chi connectivity index (χ4n) is 2.28. The summed E-state index contributed by atoms with van der Waals surface area (Å²) in [5, 5.41) is 0. The molecule has 0 aliphatic heterocycles. The molecule has 0 aliphatic carbocycles. The van der Waals surface area contributed by atoms with Gasteiger partial charge in [-0.05, 0) is 30.5 Å². The van der Waals surface area contributed by atoms with Crippen molar-refractivity contribution in [3.8, 4) is 0 Å². The predicted octanol–water partition coefficient (Wildman–Crippen LogP) is 2.77. The van der Waals surface area contributed by atoms with Crippen LogP contribution in [0.1, 0.15) is 32.3 Å². The SMILES string of the molecule is CC(C)C(c1ccc(S(=O)(=O)C(F)F)cc1)C(C)N. The zero-order valence-corrected chi connectivity index (χ0v) is 12.0. The second-order valence-electron chi connectivity index (χ2n) is 5.00. The van der Waals surface area contributed by atoms with Gasteiger partial charge in [-0.3, -0.25) is 0 Å². The Labute approximate surface area is 112 Å². The number of sulfone groups is 1. The lowest BCUT2D eigenvalue weighted by atomic mass is 9.83. The zero-order valence-electron chi connectivity index (χ0n) is 11.2. The Bertz CT molecular complexity index is 502. The van der Waals surface area contributed by atoms with E-state index in [1.165, 1.54) is 12.1 Å². The number of hydrogen-bond donors (Lipinski definition) is 1. The van der Waals surface area contributed by atoms with E-state index in [0.29, 0.717) is 0 Å². The second-order valence-corrected chi connectivity index (χ2v) is 6.92. The molecule has 0 spiro atoms. The van der Waals surface area contributed by atoms with E-state index in [4.69, 9.17) is 5.73 Å². The Hall–Kier alpha value is -1.01. The maximum Gasteiger partial charge on any atom is 0.341 e. The van der Waals surface area contributed by atoms with Gasteiger partial charge >= 0.3 is 5.76 Å². The highest BCUT2D eigenvalue weighted by atomic mass is 32.2. The lowest BCUT2D eigenvalue weighted by Crippen LogP contribution is -2.28. The molecule has 6 heteroatoms. The molecule has 0 bridgehead atoms. The van der Waals surface area contributed by atoms with E-state index in [2.05, 4.69) is 0 Å². The van der Waals surface area contributed by atoms with Gasteiger partial charge in [0.2, 0.25) is 9.84 Å². The predicted molar refractivity (Wildman–Crippen MR) is 70.9 cm³/mol. The first-order valence-electron chi connectivity index (χ1n) is 6.05. The minimum absolute atomic E-state index is 0.0586. The maximum atomic E-state index is 12.4. The van der Waals surface area contributed by atoms with Crippen LogP contribution in [0.4, 0.5) is 8.78 Å². The molecule has 2 unspecified atom stereocenters. The smallest absolute Gasteiger partial charge is 0.327 e. The molecule has 0 aliphatic rings. The van der Waals surface area contributed by atoms with Crippen LogP contribution in [-0.4, -0.2) is 20.2 Å². The number of alkyl halides is 2. The summed E-state index contributed by atoms with van der Waals surface area (Å²) in [5.41, 5.74) is 6.76. The molecule has 0 saturated heterocycles. The number of hydrogen-bond acceptors (Lipinski definition) is 3. The average Bonchev–Trinajstić information content (AvgIpc) is 2.28. The number of rotatable bonds is 5. The van der Waals surface area contributed by atoms with Gasteiger partial charge in [0.1, 0.15) is 0 Å². The van der Waals surface area contributed by atoms with Crippen LogP contribution < -0.4 is 5.73 Å². The first-order chi connectivity index (χ1) is 8.67. The minimum atomic E-state index is -4.52. The van der Waals surface area contributed by atoms with Crippen LogP contribution in [0, 0.1) is 5.92 Å². The van der Waals surface area contributed by atoms with Gasteiger partial charge in [-0.15, -0.1) is 0 Å². The Morgan fingerprint density at radius 3 is 1.84 bits per heavy atom. The summed E-state index contributed by atoms with van der Waals surface area (Å²) in [6.45, 7) is 5.89. The van der Waals surface area contributed by atoms with E-state index in [1.54, 1.807) is 12.1 Å². The standard InChI is InChI=1S/C13H19F2NO2S/c1-8(2)12(9(3)16)10-4-6-11(7-5-10)19(17,18)13(14)15/h4-9,12-13H,16H2,1-3H3. The van der Waals surface area contributed by atoms with Gasteiger partial charge in [-0.2, -0.15) is 8.78 Å². The van der Waals surface area contributed by atoms with Crippen molar-refractivity contribution < 1.29 is 17.2 Å². The molecule has 1 rings (SSSR count). The zero-order chi connectivity index (χ0) is 14.8. The van der Waals surface area contributed by atoms with Gasteiger partial charge in [0.05, 0.1) is 4.90 Å². The fourth-order valence-corrected chi connectivity index (χ4v) is 3.00. The topological polar surface area (TPSA) is 60.2 Å². The summed E-state index contributed by atoms with van der Waals surface area (Å²) >= 11 is 0. The Kier molecular flexibility index (Phi) is 5.04. The normalized spacial score (nSPS) is 15.8. The molecule has 0 radical (unpaired) electrons. The van der Waals surface area contributed by atoms with Crippen LogP contribution in [0.2, 0.25) is 0 Å². The summed E-state index contributed by atoms with van der Waals surface area (Å²) in [6, 6.07) is 5.45. The summed E-state index contributed by atoms with van der Waals surface area (Å²) in [6.07, 6.45) is 0. The maximum absolute atomic E-state index is 12.4. The van der Waals surface area contributed by atoms with E-state index in [1.807, 2.05) is 20.8 Å². The van der Waals surface area contributed by atoms with Gasteiger partial charge in [-0.1, -0.05) is 26.0 Å². The van der Waals surface area contributed by atoms with Gasteiger partial charge in [-0.25, -0.2) is 8.42 Å². The molecule has 3 nitrogen and oxygen atoms in total. The highest BCUT2D eigenvalue weighted by Crippen LogP contribution is 2.28. The van der Waals surface area contributed by atoms with E-state index < -0.39 is 15.6 Å². The average molecular weight is 291 g/mol. The van der Waals surface area contributed by atoms with Crippen molar-refractivity contribution in [2.75, 3.05) is 0 Å². The van der Waals surface area contributed by atoms with Crippen LogP contribution in [0.3, 0.4) is 0 Å². The van der Waals surface area contributed by atoms with Crippen LogP contribution in [0.5, 0.6) is 0 Å². The molecule has 108 valence electrons. The number of halogens is 2. The molecule has 0 amide bonds. The van der Waals surface area contributed by atoms with Crippen LogP contribution >= 0.6 is 0 Å². The molecule has 0 fully saturated rings. The highest BCUT2D eigenvalue weighted by Gasteiger charge is 2.27. The third-order valence-electron chi connectivity index (χ3n) is 3.11. The Balaban J connectivity index is 3.12. The molecular weight excluding hydrogens is 272 g/mol. The van der Waals surface area contributed by atoms with E-state index in [0.717, 1.165) is 5.56 Å². The van der Waals surface area contributed by atoms with Gasteiger partial charge in [0.25, 0.3) is 0 Å². The van der Waals surface area contributed by atoms with Crippen molar-refractivity contribution in [2.24, 2.45) is 11.7 Å². The third-order valence-corrected chi connectivity index (χ3v) is 4.51. The lowest BCUT2D eigenvalue weighted by molar-refractivity contribution is 0.234. The van der Waals surface area contributed by atoms with E-state index in [-0.39, 0.29) is 22.8 Å². The Morgan fingerprint density at radius 1 is 1.05 bits per heavy atom. The van der Waals surface area contributed by atoms with Crippen molar-refractivity contribution in [1.82, 2.24) is 0 Å². The third kappa shape index (κ3) is 3.51.